The summed E-state index contributed by atoms with van der Waals surface area (Å²) in [5.41, 5.74) is 7.24. The number of halogens is 1. The smallest absolute Gasteiger partial charge is 0.123 e. The fraction of sp³-hybridized carbons (Fsp3) is 0.647. The van der Waals surface area contributed by atoms with Gasteiger partial charge in [0.15, 0.2) is 0 Å². The summed E-state index contributed by atoms with van der Waals surface area (Å²) in [6, 6.07) is 6.79. The molecule has 118 valence electrons. The van der Waals surface area contributed by atoms with E-state index < -0.39 is 0 Å². The van der Waals surface area contributed by atoms with Gasteiger partial charge in [0.05, 0.1) is 0 Å². The standard InChI is InChI=1S/C17H28FN3/c1-14(2)12-17(3,13-19)21-10-8-20(9-11-21)16-6-4-15(18)5-7-16/h4-7,14H,8-13,19H2,1-3H3. The molecule has 4 heteroatoms. The van der Waals surface area contributed by atoms with Crippen molar-refractivity contribution >= 4 is 5.69 Å². The van der Waals surface area contributed by atoms with Gasteiger partial charge in [-0.1, -0.05) is 13.8 Å². The Hall–Kier alpha value is -1.13. The molecular weight excluding hydrogens is 265 g/mol. The molecule has 1 aromatic carbocycles. The topological polar surface area (TPSA) is 32.5 Å². The molecule has 1 saturated heterocycles. The summed E-state index contributed by atoms with van der Waals surface area (Å²) >= 11 is 0. The normalized spacial score (nSPS) is 19.8. The Morgan fingerprint density at radius 1 is 1.14 bits per heavy atom. The lowest BCUT2D eigenvalue weighted by atomic mass is 9.88. The zero-order valence-corrected chi connectivity index (χ0v) is 13.5. The van der Waals surface area contributed by atoms with Gasteiger partial charge in [0.1, 0.15) is 5.82 Å². The molecular formula is C17H28FN3. The third-order valence-electron chi connectivity index (χ3n) is 4.52. The van der Waals surface area contributed by atoms with E-state index in [2.05, 4.69) is 30.6 Å². The Bertz CT molecular complexity index is 438. The molecule has 0 aliphatic carbocycles. The molecule has 3 nitrogen and oxygen atoms in total. The molecule has 1 atom stereocenters. The SMILES string of the molecule is CC(C)CC(C)(CN)N1CCN(c2ccc(F)cc2)CC1. The number of hydrogen-bond donors (Lipinski definition) is 1. The first-order valence-electron chi connectivity index (χ1n) is 7.90. The average molecular weight is 293 g/mol. The van der Waals surface area contributed by atoms with Crippen LogP contribution in [0.4, 0.5) is 10.1 Å². The lowest BCUT2D eigenvalue weighted by molar-refractivity contribution is 0.0826. The molecule has 1 heterocycles. The van der Waals surface area contributed by atoms with Crippen LogP contribution in [-0.4, -0.2) is 43.2 Å². The number of anilines is 1. The highest BCUT2D eigenvalue weighted by molar-refractivity contribution is 5.46. The van der Waals surface area contributed by atoms with Gasteiger partial charge in [-0.25, -0.2) is 4.39 Å². The summed E-state index contributed by atoms with van der Waals surface area (Å²) in [5, 5.41) is 0. The van der Waals surface area contributed by atoms with E-state index >= 15 is 0 Å². The minimum atomic E-state index is -0.176. The van der Waals surface area contributed by atoms with Crippen molar-refractivity contribution in [2.75, 3.05) is 37.6 Å². The molecule has 1 aliphatic rings. The predicted octanol–water partition coefficient (Wildman–Crippen LogP) is 2.71. The van der Waals surface area contributed by atoms with Crippen molar-refractivity contribution in [1.29, 1.82) is 0 Å². The van der Waals surface area contributed by atoms with Crippen molar-refractivity contribution in [3.63, 3.8) is 0 Å². The lowest BCUT2D eigenvalue weighted by Crippen LogP contribution is -2.59. The molecule has 1 unspecified atom stereocenters. The van der Waals surface area contributed by atoms with E-state index in [4.69, 9.17) is 5.73 Å². The van der Waals surface area contributed by atoms with Gasteiger partial charge in [-0.2, -0.15) is 0 Å². The summed E-state index contributed by atoms with van der Waals surface area (Å²) in [6.07, 6.45) is 1.13. The minimum Gasteiger partial charge on any atom is -0.369 e. The molecule has 2 rings (SSSR count). The number of piperazine rings is 1. The molecule has 0 amide bonds. The second-order valence-corrected chi connectivity index (χ2v) is 6.75. The monoisotopic (exact) mass is 293 g/mol. The molecule has 1 aromatic rings. The molecule has 0 radical (unpaired) electrons. The van der Waals surface area contributed by atoms with Gasteiger partial charge in [-0.15, -0.1) is 0 Å². The van der Waals surface area contributed by atoms with Crippen molar-refractivity contribution in [2.24, 2.45) is 11.7 Å². The van der Waals surface area contributed by atoms with Gasteiger partial charge in [0, 0.05) is 44.0 Å². The second-order valence-electron chi connectivity index (χ2n) is 6.75. The zero-order valence-electron chi connectivity index (χ0n) is 13.5. The van der Waals surface area contributed by atoms with E-state index in [9.17, 15) is 4.39 Å². The van der Waals surface area contributed by atoms with Crippen LogP contribution in [0.3, 0.4) is 0 Å². The largest absolute Gasteiger partial charge is 0.369 e. The van der Waals surface area contributed by atoms with Crippen molar-refractivity contribution < 1.29 is 4.39 Å². The van der Waals surface area contributed by atoms with Crippen molar-refractivity contribution in [3.8, 4) is 0 Å². The number of benzene rings is 1. The molecule has 1 fully saturated rings. The van der Waals surface area contributed by atoms with Gasteiger partial charge in [-0.05, 0) is 43.5 Å². The Morgan fingerprint density at radius 3 is 2.19 bits per heavy atom. The first kappa shape index (κ1) is 16.2. The van der Waals surface area contributed by atoms with Crippen molar-refractivity contribution in [1.82, 2.24) is 4.90 Å². The van der Waals surface area contributed by atoms with Crippen molar-refractivity contribution in [3.05, 3.63) is 30.1 Å². The van der Waals surface area contributed by atoms with E-state index in [1.807, 2.05) is 12.1 Å². The first-order chi connectivity index (χ1) is 9.94. The van der Waals surface area contributed by atoms with Gasteiger partial charge in [0.25, 0.3) is 0 Å². The third kappa shape index (κ3) is 3.95. The van der Waals surface area contributed by atoms with Gasteiger partial charge in [-0.3, -0.25) is 4.90 Å². The van der Waals surface area contributed by atoms with E-state index in [1.165, 1.54) is 12.1 Å². The Kier molecular flexibility index (Phi) is 5.22. The van der Waals surface area contributed by atoms with Crippen LogP contribution in [-0.2, 0) is 0 Å². The average Bonchev–Trinajstić information content (AvgIpc) is 2.47. The number of rotatable bonds is 5. The molecule has 0 saturated carbocycles. The summed E-state index contributed by atoms with van der Waals surface area (Å²) < 4.78 is 13.0. The molecule has 1 aliphatic heterocycles. The maximum atomic E-state index is 13.0. The first-order valence-corrected chi connectivity index (χ1v) is 7.90. The number of hydrogen-bond acceptors (Lipinski definition) is 3. The zero-order chi connectivity index (χ0) is 15.5. The highest BCUT2D eigenvalue weighted by atomic mass is 19.1. The van der Waals surface area contributed by atoms with Crippen LogP contribution >= 0.6 is 0 Å². The van der Waals surface area contributed by atoms with E-state index in [1.54, 1.807) is 0 Å². The highest BCUT2D eigenvalue weighted by Gasteiger charge is 2.33. The molecule has 0 spiro atoms. The second kappa shape index (κ2) is 6.75. The third-order valence-corrected chi connectivity index (χ3v) is 4.52. The summed E-state index contributed by atoms with van der Waals surface area (Å²) in [4.78, 5) is 4.84. The summed E-state index contributed by atoms with van der Waals surface area (Å²) in [7, 11) is 0. The van der Waals surface area contributed by atoms with Crippen molar-refractivity contribution in [2.45, 2.75) is 32.7 Å². The number of nitrogens with two attached hydrogens (primary N) is 1. The van der Waals surface area contributed by atoms with Crippen LogP contribution in [0.1, 0.15) is 27.2 Å². The van der Waals surface area contributed by atoms with Crippen LogP contribution in [0.2, 0.25) is 0 Å². The minimum absolute atomic E-state index is 0.0864. The van der Waals surface area contributed by atoms with Crippen LogP contribution in [0.5, 0.6) is 0 Å². The Balaban J connectivity index is 1.97. The molecule has 21 heavy (non-hydrogen) atoms. The van der Waals surface area contributed by atoms with Gasteiger partial charge < -0.3 is 10.6 Å². The fourth-order valence-electron chi connectivity index (χ4n) is 3.38. The van der Waals surface area contributed by atoms with Crippen LogP contribution < -0.4 is 10.6 Å². The van der Waals surface area contributed by atoms with Gasteiger partial charge >= 0.3 is 0 Å². The van der Waals surface area contributed by atoms with E-state index in [0.29, 0.717) is 12.5 Å². The predicted molar refractivity (Wildman–Crippen MR) is 87.1 cm³/mol. The van der Waals surface area contributed by atoms with Crippen LogP contribution in [0.25, 0.3) is 0 Å². The van der Waals surface area contributed by atoms with E-state index in [0.717, 1.165) is 38.3 Å². The Labute approximate surface area is 127 Å². The summed E-state index contributed by atoms with van der Waals surface area (Å²) in [6.45, 7) is 11.4. The quantitative estimate of drug-likeness (QED) is 0.906. The Morgan fingerprint density at radius 2 is 1.71 bits per heavy atom. The summed E-state index contributed by atoms with van der Waals surface area (Å²) in [5.74, 6) is 0.471. The molecule has 0 bridgehead atoms. The number of nitrogens with zero attached hydrogens (tertiary/aromatic N) is 2. The van der Waals surface area contributed by atoms with Gasteiger partial charge in [0.2, 0.25) is 0 Å². The maximum absolute atomic E-state index is 13.0. The highest BCUT2D eigenvalue weighted by Crippen LogP contribution is 2.26. The molecule has 0 aromatic heterocycles. The maximum Gasteiger partial charge on any atom is 0.123 e. The van der Waals surface area contributed by atoms with Crippen LogP contribution in [0.15, 0.2) is 24.3 Å². The lowest BCUT2D eigenvalue weighted by Gasteiger charge is -2.47. The molecule has 2 N–H and O–H groups in total. The van der Waals surface area contributed by atoms with E-state index in [-0.39, 0.29) is 11.4 Å². The van der Waals surface area contributed by atoms with Crippen LogP contribution in [0, 0.1) is 11.7 Å². The fourth-order valence-corrected chi connectivity index (χ4v) is 3.38.